The minimum atomic E-state index is -0.146. The molecule has 0 amide bonds. The van der Waals surface area contributed by atoms with Gasteiger partial charge in [-0.2, -0.15) is 0 Å². The van der Waals surface area contributed by atoms with Crippen LogP contribution in [0.2, 0.25) is 0 Å². The van der Waals surface area contributed by atoms with Crippen LogP contribution in [0.1, 0.15) is 51.3 Å². The molecule has 0 aliphatic heterocycles. The Morgan fingerprint density at radius 1 is 0.339 bits per heavy atom. The molecule has 0 unspecified atom stereocenters. The van der Waals surface area contributed by atoms with E-state index in [0.29, 0.717) is 0 Å². The van der Waals surface area contributed by atoms with E-state index in [1.807, 2.05) is 0 Å². The highest BCUT2D eigenvalue weighted by Gasteiger charge is 2.38. The van der Waals surface area contributed by atoms with E-state index in [-0.39, 0.29) is 10.8 Å². The quantitative estimate of drug-likeness (QED) is 0.125. The maximum absolute atomic E-state index is 2.55. The monoisotopic (exact) mass is 752 g/mol. The van der Waals surface area contributed by atoms with Crippen molar-refractivity contribution in [2.45, 2.75) is 45.4 Å². The molecule has 12 rings (SSSR count). The molecule has 0 fully saturated rings. The Balaban J connectivity index is 1.21. The van der Waals surface area contributed by atoms with Crippen molar-refractivity contribution in [3.05, 3.63) is 193 Å². The van der Waals surface area contributed by atoms with E-state index in [2.05, 4.69) is 211 Å². The predicted octanol–water partition coefficient (Wildman–Crippen LogP) is 16.6. The third-order valence-electron chi connectivity index (χ3n) is 13.7. The van der Waals surface area contributed by atoms with Crippen LogP contribution in [-0.2, 0) is 10.8 Å². The van der Waals surface area contributed by atoms with Crippen LogP contribution in [0.3, 0.4) is 0 Å². The van der Waals surface area contributed by atoms with Crippen molar-refractivity contribution in [1.29, 1.82) is 0 Å². The normalized spacial score (nSPS) is 13.6. The van der Waals surface area contributed by atoms with E-state index >= 15 is 0 Å². The van der Waals surface area contributed by atoms with Gasteiger partial charge in [-0.15, -0.1) is 0 Å². The molecule has 280 valence electrons. The van der Waals surface area contributed by atoms with Crippen molar-refractivity contribution in [1.82, 2.24) is 0 Å². The first-order valence-electron chi connectivity index (χ1n) is 21.1. The Morgan fingerprint density at radius 2 is 0.881 bits per heavy atom. The first-order chi connectivity index (χ1) is 28.6. The molecule has 0 N–H and O–H groups in total. The smallest absolute Gasteiger partial charge is 0.0159 e. The van der Waals surface area contributed by atoms with Crippen LogP contribution < -0.4 is 0 Å². The average Bonchev–Trinajstić information content (AvgIpc) is 3.70. The van der Waals surface area contributed by atoms with Gasteiger partial charge >= 0.3 is 0 Å². The zero-order valence-corrected chi connectivity index (χ0v) is 34.2. The van der Waals surface area contributed by atoms with Crippen LogP contribution >= 0.6 is 0 Å². The van der Waals surface area contributed by atoms with Crippen molar-refractivity contribution in [3.63, 3.8) is 0 Å². The summed E-state index contributed by atoms with van der Waals surface area (Å²) in [5.74, 6) is 0. The molecule has 0 saturated heterocycles. The second kappa shape index (κ2) is 12.1. The molecule has 2 aliphatic carbocycles. The third-order valence-corrected chi connectivity index (χ3v) is 13.7. The highest BCUT2D eigenvalue weighted by molar-refractivity contribution is 6.31. The minimum Gasteiger partial charge on any atom is -0.0622 e. The molecule has 0 radical (unpaired) electrons. The van der Waals surface area contributed by atoms with Crippen molar-refractivity contribution >= 4 is 43.1 Å². The highest BCUT2D eigenvalue weighted by Crippen LogP contribution is 2.60. The van der Waals surface area contributed by atoms with Crippen molar-refractivity contribution in [2.24, 2.45) is 0 Å². The van der Waals surface area contributed by atoms with Crippen LogP contribution in [0.5, 0.6) is 0 Å². The molecular formula is C59H44. The van der Waals surface area contributed by atoms with Gasteiger partial charge in [0.05, 0.1) is 0 Å². The van der Waals surface area contributed by atoms with Gasteiger partial charge in [0, 0.05) is 5.41 Å². The average molecular weight is 753 g/mol. The number of rotatable bonds is 3. The van der Waals surface area contributed by atoms with Gasteiger partial charge in [0.15, 0.2) is 0 Å². The van der Waals surface area contributed by atoms with Gasteiger partial charge in [0.2, 0.25) is 0 Å². The molecular weight excluding hydrogens is 709 g/mol. The van der Waals surface area contributed by atoms with E-state index in [9.17, 15) is 0 Å². The molecule has 0 spiro atoms. The molecule has 10 aromatic carbocycles. The second-order valence-electron chi connectivity index (χ2n) is 18.5. The molecule has 0 nitrogen and oxygen atoms in total. The lowest BCUT2D eigenvalue weighted by Crippen LogP contribution is -2.17. The Hall–Kier alpha value is -6.76. The Bertz CT molecular complexity index is 3410. The Kier molecular flexibility index (Phi) is 7.05. The molecule has 0 atom stereocenters. The van der Waals surface area contributed by atoms with Crippen LogP contribution in [0.15, 0.2) is 176 Å². The maximum atomic E-state index is 2.55. The highest BCUT2D eigenvalue weighted by atomic mass is 14.4. The van der Waals surface area contributed by atoms with Crippen LogP contribution in [-0.4, -0.2) is 0 Å². The molecule has 0 aromatic heterocycles. The largest absolute Gasteiger partial charge is 0.0622 e. The minimum absolute atomic E-state index is 0.0805. The van der Waals surface area contributed by atoms with Gasteiger partial charge < -0.3 is 0 Å². The van der Waals surface area contributed by atoms with Gasteiger partial charge in [-0.05, 0) is 156 Å². The summed E-state index contributed by atoms with van der Waals surface area (Å²) in [6, 6.07) is 66.9. The number of hydrogen-bond donors (Lipinski definition) is 0. The van der Waals surface area contributed by atoms with Crippen molar-refractivity contribution < 1.29 is 0 Å². The van der Waals surface area contributed by atoms with E-state index in [4.69, 9.17) is 0 Å². The lowest BCUT2D eigenvalue weighted by atomic mass is 9.77. The summed E-state index contributed by atoms with van der Waals surface area (Å²) in [5.41, 5.74) is 19.8. The van der Waals surface area contributed by atoms with Gasteiger partial charge in [-0.25, -0.2) is 0 Å². The van der Waals surface area contributed by atoms with E-state index < -0.39 is 0 Å². The second-order valence-corrected chi connectivity index (χ2v) is 18.5. The summed E-state index contributed by atoms with van der Waals surface area (Å²) in [5, 5.41) is 10.4. The molecule has 59 heavy (non-hydrogen) atoms. The summed E-state index contributed by atoms with van der Waals surface area (Å²) in [6.07, 6.45) is 0. The first-order valence-corrected chi connectivity index (χ1v) is 21.1. The molecule has 2 aliphatic rings. The number of hydrogen-bond acceptors (Lipinski definition) is 0. The van der Waals surface area contributed by atoms with Crippen LogP contribution in [0.4, 0.5) is 0 Å². The number of fused-ring (bicyclic) bond motifs is 10. The Labute approximate surface area is 346 Å². The van der Waals surface area contributed by atoms with E-state index in [0.717, 1.165) is 0 Å². The number of benzene rings is 10. The molecule has 0 saturated carbocycles. The van der Waals surface area contributed by atoms with E-state index in [1.165, 1.54) is 127 Å². The fourth-order valence-corrected chi connectivity index (χ4v) is 10.7. The fraction of sp³-hybridized carbons (Fsp3) is 0.119. The summed E-state index contributed by atoms with van der Waals surface area (Å²) in [4.78, 5) is 0. The van der Waals surface area contributed by atoms with Crippen molar-refractivity contribution in [2.75, 3.05) is 0 Å². The first kappa shape index (κ1) is 34.3. The van der Waals surface area contributed by atoms with Gasteiger partial charge in [-0.3, -0.25) is 0 Å². The maximum Gasteiger partial charge on any atom is 0.0159 e. The van der Waals surface area contributed by atoms with E-state index in [1.54, 1.807) is 0 Å². The van der Waals surface area contributed by atoms with Crippen LogP contribution in [0.25, 0.3) is 110 Å². The fourth-order valence-electron chi connectivity index (χ4n) is 10.7. The zero-order chi connectivity index (χ0) is 39.8. The Morgan fingerprint density at radius 3 is 1.59 bits per heavy atom. The predicted molar refractivity (Wildman–Crippen MR) is 253 cm³/mol. The molecule has 0 heterocycles. The lowest BCUT2D eigenvalue weighted by molar-refractivity contribution is 0.584. The molecule has 0 bridgehead atoms. The standard InChI is InChI=1S/C59H44/c1-58(2,3)42-27-29-45-44-28-26-41(33-51(44)59(4,5)52(45)34-42)54-49-31-39-17-10-9-16-38(39)30-48(49)53(37-24-22-36(23-25-37)35-14-7-6-8-15-35)56-47-21-13-20-46-43-19-12-11-18-40(43)32-50(55(46)47)57(54)56/h6-34H,1-5H3. The zero-order valence-electron chi connectivity index (χ0n) is 34.2. The SMILES string of the molecule is CC(C)(C)c1ccc2c(c1)C(C)(C)c1cc(-c3c4c(c(-c5ccc(-c6ccccc6)cc5)c5cc6ccccc6cc35)-c3cccc5c3c-4cc3ccccc35)ccc1-2. The third kappa shape index (κ3) is 4.90. The molecule has 0 heteroatoms. The topological polar surface area (TPSA) is 0 Å². The molecule has 10 aromatic rings. The summed E-state index contributed by atoms with van der Waals surface area (Å²) >= 11 is 0. The van der Waals surface area contributed by atoms with Gasteiger partial charge in [0.25, 0.3) is 0 Å². The van der Waals surface area contributed by atoms with Crippen molar-refractivity contribution in [3.8, 4) is 66.8 Å². The lowest BCUT2D eigenvalue weighted by Gasteiger charge is -2.26. The summed E-state index contributed by atoms with van der Waals surface area (Å²) in [7, 11) is 0. The summed E-state index contributed by atoms with van der Waals surface area (Å²) < 4.78 is 0. The van der Waals surface area contributed by atoms with Gasteiger partial charge in [-0.1, -0.05) is 186 Å². The summed E-state index contributed by atoms with van der Waals surface area (Å²) in [6.45, 7) is 11.8. The van der Waals surface area contributed by atoms with Gasteiger partial charge in [0.1, 0.15) is 0 Å². The van der Waals surface area contributed by atoms with Crippen LogP contribution in [0, 0.1) is 0 Å².